The van der Waals surface area contributed by atoms with E-state index in [4.69, 9.17) is 5.73 Å². The van der Waals surface area contributed by atoms with Gasteiger partial charge in [-0.1, -0.05) is 6.07 Å². The number of likely N-dealkylation sites (tertiary alicyclic amines) is 1. The van der Waals surface area contributed by atoms with Crippen LogP contribution in [0.15, 0.2) is 23.1 Å². The van der Waals surface area contributed by atoms with Crippen LogP contribution in [0.1, 0.15) is 12.0 Å². The number of amides is 1. The smallest absolute Gasteiger partial charge is 0.241 e. The van der Waals surface area contributed by atoms with Crippen molar-refractivity contribution in [2.45, 2.75) is 24.3 Å². The molecule has 104 valence electrons. The van der Waals surface area contributed by atoms with Crippen LogP contribution in [0.3, 0.4) is 0 Å². The SMILES string of the molecule is Cc1ccc(N)cc1S(=O)(=O)NC1CCN(C)C1=O. The van der Waals surface area contributed by atoms with Gasteiger partial charge in [-0.25, -0.2) is 8.42 Å². The lowest BCUT2D eigenvalue weighted by molar-refractivity contribution is -0.127. The van der Waals surface area contributed by atoms with Crippen molar-refractivity contribution in [3.05, 3.63) is 23.8 Å². The van der Waals surface area contributed by atoms with E-state index in [0.29, 0.717) is 24.2 Å². The van der Waals surface area contributed by atoms with Crippen LogP contribution in [0.25, 0.3) is 0 Å². The minimum atomic E-state index is -3.73. The average Bonchev–Trinajstić information content (AvgIpc) is 2.63. The number of carbonyl (C=O) groups is 1. The molecule has 1 heterocycles. The van der Waals surface area contributed by atoms with Gasteiger partial charge in [-0.05, 0) is 31.0 Å². The number of rotatable bonds is 3. The first-order valence-electron chi connectivity index (χ1n) is 5.95. The van der Waals surface area contributed by atoms with Gasteiger partial charge in [0, 0.05) is 19.3 Å². The summed E-state index contributed by atoms with van der Waals surface area (Å²) in [6.45, 7) is 2.25. The van der Waals surface area contributed by atoms with Crippen molar-refractivity contribution in [3.63, 3.8) is 0 Å². The average molecular weight is 283 g/mol. The van der Waals surface area contributed by atoms with Crippen LogP contribution in [0.4, 0.5) is 5.69 Å². The van der Waals surface area contributed by atoms with E-state index in [2.05, 4.69) is 4.72 Å². The zero-order valence-corrected chi connectivity index (χ0v) is 11.7. The molecule has 1 saturated heterocycles. The number of carbonyl (C=O) groups excluding carboxylic acids is 1. The Morgan fingerprint density at radius 2 is 2.11 bits per heavy atom. The summed E-state index contributed by atoms with van der Waals surface area (Å²) < 4.78 is 27.0. The van der Waals surface area contributed by atoms with Crippen molar-refractivity contribution in [3.8, 4) is 0 Å². The molecule has 1 atom stereocenters. The molecule has 7 heteroatoms. The fourth-order valence-corrected chi connectivity index (χ4v) is 3.59. The molecule has 2 rings (SSSR count). The van der Waals surface area contributed by atoms with E-state index < -0.39 is 16.1 Å². The summed E-state index contributed by atoms with van der Waals surface area (Å²) in [4.78, 5) is 13.4. The zero-order chi connectivity index (χ0) is 14.2. The van der Waals surface area contributed by atoms with Crippen molar-refractivity contribution in [1.29, 1.82) is 0 Å². The van der Waals surface area contributed by atoms with Crippen LogP contribution in [0, 0.1) is 6.92 Å². The number of nitrogens with zero attached hydrogens (tertiary/aromatic N) is 1. The van der Waals surface area contributed by atoms with E-state index in [1.165, 1.54) is 11.0 Å². The predicted octanol–water partition coefficient (Wildman–Crippen LogP) is 0.0862. The minimum Gasteiger partial charge on any atom is -0.399 e. The third kappa shape index (κ3) is 2.71. The first-order valence-corrected chi connectivity index (χ1v) is 7.43. The molecular formula is C12H17N3O3S. The van der Waals surface area contributed by atoms with E-state index in [0.717, 1.165) is 0 Å². The Bertz CT molecular complexity index is 613. The van der Waals surface area contributed by atoms with Gasteiger partial charge in [0.15, 0.2) is 0 Å². The lowest BCUT2D eigenvalue weighted by Crippen LogP contribution is -2.40. The fraction of sp³-hybridized carbons (Fsp3) is 0.417. The highest BCUT2D eigenvalue weighted by molar-refractivity contribution is 7.89. The number of nitrogen functional groups attached to an aromatic ring is 1. The van der Waals surface area contributed by atoms with Gasteiger partial charge in [0.05, 0.1) is 4.90 Å². The molecular weight excluding hydrogens is 266 g/mol. The lowest BCUT2D eigenvalue weighted by atomic mass is 10.2. The molecule has 1 aromatic rings. The van der Waals surface area contributed by atoms with Crippen molar-refractivity contribution in [2.24, 2.45) is 0 Å². The largest absolute Gasteiger partial charge is 0.399 e. The van der Waals surface area contributed by atoms with E-state index in [1.54, 1.807) is 26.1 Å². The van der Waals surface area contributed by atoms with E-state index >= 15 is 0 Å². The summed E-state index contributed by atoms with van der Waals surface area (Å²) in [5, 5.41) is 0. The molecule has 1 fully saturated rings. The second-order valence-corrected chi connectivity index (χ2v) is 6.43. The molecule has 0 bridgehead atoms. The van der Waals surface area contributed by atoms with Gasteiger partial charge in [0.2, 0.25) is 15.9 Å². The summed E-state index contributed by atoms with van der Waals surface area (Å²) in [5.41, 5.74) is 6.59. The number of likely N-dealkylation sites (N-methyl/N-ethyl adjacent to an activating group) is 1. The quantitative estimate of drug-likeness (QED) is 0.769. The molecule has 1 aromatic carbocycles. The molecule has 0 saturated carbocycles. The highest BCUT2D eigenvalue weighted by atomic mass is 32.2. The van der Waals surface area contributed by atoms with Gasteiger partial charge in [0.25, 0.3) is 0 Å². The first kappa shape index (κ1) is 13.8. The number of aryl methyl sites for hydroxylation is 1. The third-order valence-electron chi connectivity index (χ3n) is 3.23. The summed E-state index contributed by atoms with van der Waals surface area (Å²) >= 11 is 0. The third-order valence-corrected chi connectivity index (χ3v) is 4.84. The molecule has 1 unspecified atom stereocenters. The molecule has 1 amide bonds. The Morgan fingerprint density at radius 1 is 1.42 bits per heavy atom. The molecule has 0 aromatic heterocycles. The normalized spacial score (nSPS) is 20.0. The van der Waals surface area contributed by atoms with Gasteiger partial charge in [-0.15, -0.1) is 0 Å². The zero-order valence-electron chi connectivity index (χ0n) is 10.9. The number of hydrogen-bond acceptors (Lipinski definition) is 4. The highest BCUT2D eigenvalue weighted by Crippen LogP contribution is 2.20. The first-order chi connectivity index (χ1) is 8.81. The molecule has 3 N–H and O–H groups in total. The van der Waals surface area contributed by atoms with Crippen LogP contribution in [0.2, 0.25) is 0 Å². The summed E-state index contributed by atoms with van der Waals surface area (Å²) in [6, 6.07) is 4.01. The molecule has 0 spiro atoms. The Labute approximate surface area is 112 Å². The van der Waals surface area contributed by atoms with Crippen LogP contribution in [-0.2, 0) is 14.8 Å². The number of nitrogens with two attached hydrogens (primary N) is 1. The summed E-state index contributed by atoms with van der Waals surface area (Å²) in [5.74, 6) is -0.204. The van der Waals surface area contributed by atoms with E-state index in [1.807, 2.05) is 0 Å². The van der Waals surface area contributed by atoms with E-state index in [9.17, 15) is 13.2 Å². The van der Waals surface area contributed by atoms with Crippen molar-refractivity contribution >= 4 is 21.6 Å². The fourth-order valence-electron chi connectivity index (χ4n) is 2.09. The van der Waals surface area contributed by atoms with Gasteiger partial charge in [-0.2, -0.15) is 4.72 Å². The second-order valence-electron chi connectivity index (χ2n) is 4.75. The highest BCUT2D eigenvalue weighted by Gasteiger charge is 2.33. The van der Waals surface area contributed by atoms with Crippen molar-refractivity contribution in [2.75, 3.05) is 19.3 Å². The molecule has 19 heavy (non-hydrogen) atoms. The van der Waals surface area contributed by atoms with Crippen LogP contribution in [0.5, 0.6) is 0 Å². The number of benzene rings is 1. The molecule has 0 aliphatic carbocycles. The lowest BCUT2D eigenvalue weighted by Gasteiger charge is -2.14. The van der Waals surface area contributed by atoms with E-state index in [-0.39, 0.29) is 10.8 Å². The maximum atomic E-state index is 12.3. The van der Waals surface area contributed by atoms with Crippen molar-refractivity contribution < 1.29 is 13.2 Å². The molecule has 1 aliphatic rings. The topological polar surface area (TPSA) is 92.5 Å². The predicted molar refractivity (Wildman–Crippen MR) is 72.0 cm³/mol. The van der Waals surface area contributed by atoms with Gasteiger partial charge in [0.1, 0.15) is 6.04 Å². The van der Waals surface area contributed by atoms with Gasteiger partial charge in [-0.3, -0.25) is 4.79 Å². The van der Waals surface area contributed by atoms with Gasteiger partial charge < -0.3 is 10.6 Å². The number of nitrogens with one attached hydrogen (secondary N) is 1. The number of sulfonamides is 1. The molecule has 0 radical (unpaired) electrons. The minimum absolute atomic E-state index is 0.120. The van der Waals surface area contributed by atoms with Gasteiger partial charge >= 0.3 is 0 Å². The standard InChI is InChI=1S/C12H17N3O3S/c1-8-3-4-9(13)7-11(8)19(17,18)14-10-5-6-15(2)12(10)16/h3-4,7,10,14H,5-6,13H2,1-2H3. The maximum Gasteiger partial charge on any atom is 0.241 e. The van der Waals surface area contributed by atoms with Crippen LogP contribution in [-0.4, -0.2) is 38.9 Å². The second kappa shape index (κ2) is 4.82. The number of hydrogen-bond donors (Lipinski definition) is 2. The van der Waals surface area contributed by atoms with Crippen molar-refractivity contribution in [1.82, 2.24) is 9.62 Å². The van der Waals surface area contributed by atoms with Crippen LogP contribution < -0.4 is 10.5 Å². The molecule has 1 aliphatic heterocycles. The number of anilines is 1. The Kier molecular flexibility index (Phi) is 3.51. The summed E-state index contributed by atoms with van der Waals surface area (Å²) in [7, 11) is -2.08. The Morgan fingerprint density at radius 3 is 2.68 bits per heavy atom. The Balaban J connectivity index is 2.28. The maximum absolute atomic E-state index is 12.3. The monoisotopic (exact) mass is 283 g/mol. The molecule has 6 nitrogen and oxygen atoms in total. The van der Waals surface area contributed by atoms with Crippen LogP contribution >= 0.6 is 0 Å². The Hall–Kier alpha value is -1.60. The summed E-state index contributed by atoms with van der Waals surface area (Å²) in [6.07, 6.45) is 0.482.